The Kier molecular flexibility index (Phi) is 6.36. The molecule has 2 aromatic rings. The molecule has 2 rings (SSSR count). The Labute approximate surface area is 154 Å². The zero-order valence-corrected chi connectivity index (χ0v) is 14.9. The van der Waals surface area contributed by atoms with Crippen LogP contribution in [-0.2, 0) is 16.2 Å². The summed E-state index contributed by atoms with van der Waals surface area (Å²) in [7, 11) is 1.35. The standard InChI is InChI=1S/C17H18FN5O4/c1-9-21-13(16(19)23-27-10(2)24)7-14(22-9)17(25)20-8-11-4-5-12(18)15(6-11)26-3/h4-7H,8H2,1-3H3,(H2,19,23)(H,20,25). The van der Waals surface area contributed by atoms with Crippen molar-refractivity contribution < 1.29 is 23.6 Å². The number of methoxy groups -OCH3 is 1. The highest BCUT2D eigenvalue weighted by Gasteiger charge is 2.13. The van der Waals surface area contributed by atoms with Gasteiger partial charge in [0.15, 0.2) is 17.4 Å². The number of halogens is 1. The Morgan fingerprint density at radius 3 is 2.63 bits per heavy atom. The maximum atomic E-state index is 13.4. The monoisotopic (exact) mass is 375 g/mol. The molecule has 0 aliphatic heterocycles. The number of ether oxygens (including phenoxy) is 1. The van der Waals surface area contributed by atoms with E-state index in [0.29, 0.717) is 5.56 Å². The van der Waals surface area contributed by atoms with Crippen LogP contribution in [0.4, 0.5) is 4.39 Å². The van der Waals surface area contributed by atoms with Crippen LogP contribution in [0.5, 0.6) is 5.75 Å². The number of rotatable bonds is 6. The molecule has 0 radical (unpaired) electrons. The van der Waals surface area contributed by atoms with E-state index in [1.165, 1.54) is 38.3 Å². The van der Waals surface area contributed by atoms with Crippen LogP contribution in [0.25, 0.3) is 0 Å². The first-order chi connectivity index (χ1) is 12.8. The highest BCUT2D eigenvalue weighted by molar-refractivity contribution is 5.99. The number of aryl methyl sites for hydroxylation is 1. The number of nitrogens with one attached hydrogen (secondary N) is 1. The third kappa shape index (κ3) is 5.46. The second-order valence-electron chi connectivity index (χ2n) is 5.40. The van der Waals surface area contributed by atoms with Gasteiger partial charge in [-0.1, -0.05) is 11.2 Å². The predicted octanol–water partition coefficient (Wildman–Crippen LogP) is 1.05. The molecule has 0 aliphatic carbocycles. The van der Waals surface area contributed by atoms with Gasteiger partial charge in [0, 0.05) is 13.5 Å². The van der Waals surface area contributed by atoms with E-state index in [9.17, 15) is 14.0 Å². The summed E-state index contributed by atoms with van der Waals surface area (Å²) in [5.74, 6) is -1.44. The van der Waals surface area contributed by atoms with E-state index in [4.69, 9.17) is 10.5 Å². The molecule has 0 unspecified atom stereocenters. The zero-order valence-electron chi connectivity index (χ0n) is 14.9. The summed E-state index contributed by atoms with van der Waals surface area (Å²) in [4.78, 5) is 35.7. The first-order valence-corrected chi connectivity index (χ1v) is 7.78. The van der Waals surface area contributed by atoms with Crippen molar-refractivity contribution in [1.82, 2.24) is 15.3 Å². The predicted molar refractivity (Wildman–Crippen MR) is 93.4 cm³/mol. The van der Waals surface area contributed by atoms with Gasteiger partial charge in [-0.2, -0.15) is 0 Å². The van der Waals surface area contributed by atoms with Crippen LogP contribution in [0.1, 0.15) is 34.5 Å². The second-order valence-corrected chi connectivity index (χ2v) is 5.40. The molecule has 0 atom stereocenters. The van der Waals surface area contributed by atoms with Gasteiger partial charge in [0.1, 0.15) is 17.2 Å². The summed E-state index contributed by atoms with van der Waals surface area (Å²) < 4.78 is 18.3. The largest absolute Gasteiger partial charge is 0.494 e. The van der Waals surface area contributed by atoms with E-state index < -0.39 is 17.7 Å². The summed E-state index contributed by atoms with van der Waals surface area (Å²) in [6.45, 7) is 2.88. The summed E-state index contributed by atoms with van der Waals surface area (Å²) in [5.41, 5.74) is 6.52. The number of hydrogen-bond acceptors (Lipinski definition) is 7. The van der Waals surface area contributed by atoms with Crippen LogP contribution in [-0.4, -0.2) is 34.8 Å². The van der Waals surface area contributed by atoms with Crippen LogP contribution in [0.15, 0.2) is 29.4 Å². The number of aromatic nitrogens is 2. The van der Waals surface area contributed by atoms with Crippen LogP contribution >= 0.6 is 0 Å². The van der Waals surface area contributed by atoms with Crippen LogP contribution in [0, 0.1) is 12.7 Å². The van der Waals surface area contributed by atoms with Gasteiger partial charge >= 0.3 is 5.97 Å². The number of carbonyl (C=O) groups is 2. The molecule has 1 aromatic carbocycles. The minimum Gasteiger partial charge on any atom is -0.494 e. The van der Waals surface area contributed by atoms with Crippen molar-refractivity contribution in [3.05, 3.63) is 52.9 Å². The molecule has 1 amide bonds. The highest BCUT2D eigenvalue weighted by atomic mass is 19.1. The van der Waals surface area contributed by atoms with Gasteiger partial charge in [-0.05, 0) is 30.7 Å². The lowest BCUT2D eigenvalue weighted by atomic mass is 10.2. The molecular weight excluding hydrogens is 357 g/mol. The lowest BCUT2D eigenvalue weighted by Gasteiger charge is -2.09. The fourth-order valence-corrected chi connectivity index (χ4v) is 2.06. The van der Waals surface area contributed by atoms with Crippen molar-refractivity contribution >= 4 is 17.7 Å². The van der Waals surface area contributed by atoms with Gasteiger partial charge in [-0.3, -0.25) is 4.79 Å². The van der Waals surface area contributed by atoms with Gasteiger partial charge in [0.2, 0.25) is 0 Å². The van der Waals surface area contributed by atoms with E-state index in [-0.39, 0.29) is 35.3 Å². The normalized spacial score (nSPS) is 11.0. The number of amidine groups is 1. The van der Waals surface area contributed by atoms with Crippen molar-refractivity contribution in [1.29, 1.82) is 0 Å². The highest BCUT2D eigenvalue weighted by Crippen LogP contribution is 2.18. The van der Waals surface area contributed by atoms with Crippen molar-refractivity contribution in [2.45, 2.75) is 20.4 Å². The minimum atomic E-state index is -0.642. The van der Waals surface area contributed by atoms with Crippen LogP contribution in [0.2, 0.25) is 0 Å². The third-order valence-corrected chi connectivity index (χ3v) is 3.27. The smallest absolute Gasteiger partial charge is 0.332 e. The van der Waals surface area contributed by atoms with E-state index in [2.05, 4.69) is 25.3 Å². The number of nitrogens with zero attached hydrogens (tertiary/aromatic N) is 3. The van der Waals surface area contributed by atoms with E-state index >= 15 is 0 Å². The molecule has 3 N–H and O–H groups in total. The summed E-state index contributed by atoms with van der Waals surface area (Å²) in [6.07, 6.45) is 0. The Balaban J connectivity index is 2.14. The van der Waals surface area contributed by atoms with Crippen molar-refractivity contribution in [2.75, 3.05) is 7.11 Å². The molecule has 27 heavy (non-hydrogen) atoms. The molecule has 0 spiro atoms. The van der Waals surface area contributed by atoms with Crippen molar-refractivity contribution in [2.24, 2.45) is 10.9 Å². The number of benzene rings is 1. The fraction of sp³-hybridized carbons (Fsp3) is 0.235. The minimum absolute atomic E-state index is 0.0487. The maximum Gasteiger partial charge on any atom is 0.332 e. The molecule has 1 heterocycles. The molecule has 0 bridgehead atoms. The van der Waals surface area contributed by atoms with Crippen molar-refractivity contribution in [3.63, 3.8) is 0 Å². The third-order valence-electron chi connectivity index (χ3n) is 3.27. The van der Waals surface area contributed by atoms with Crippen LogP contribution in [0.3, 0.4) is 0 Å². The molecule has 9 nitrogen and oxygen atoms in total. The summed E-state index contributed by atoms with van der Waals surface area (Å²) in [5, 5.41) is 6.09. The average Bonchev–Trinajstić information content (AvgIpc) is 2.64. The lowest BCUT2D eigenvalue weighted by molar-refractivity contribution is -0.140. The second kappa shape index (κ2) is 8.70. The first kappa shape index (κ1) is 19.8. The number of nitrogens with two attached hydrogens (primary N) is 1. The molecular formula is C17H18FN5O4. The Morgan fingerprint density at radius 1 is 1.26 bits per heavy atom. The van der Waals surface area contributed by atoms with Gasteiger partial charge < -0.3 is 20.6 Å². The molecule has 0 saturated carbocycles. The lowest BCUT2D eigenvalue weighted by Crippen LogP contribution is -2.26. The maximum absolute atomic E-state index is 13.4. The molecule has 0 aliphatic rings. The molecule has 142 valence electrons. The zero-order chi connectivity index (χ0) is 20.0. The summed E-state index contributed by atoms with van der Waals surface area (Å²) >= 11 is 0. The van der Waals surface area contributed by atoms with E-state index in [1.807, 2.05) is 0 Å². The average molecular weight is 375 g/mol. The quantitative estimate of drug-likeness (QED) is 0.334. The van der Waals surface area contributed by atoms with Gasteiger partial charge in [-0.15, -0.1) is 0 Å². The molecule has 1 aromatic heterocycles. The van der Waals surface area contributed by atoms with Gasteiger partial charge in [-0.25, -0.2) is 19.2 Å². The first-order valence-electron chi connectivity index (χ1n) is 7.78. The fourth-order valence-electron chi connectivity index (χ4n) is 2.06. The summed E-state index contributed by atoms with van der Waals surface area (Å²) in [6, 6.07) is 5.57. The van der Waals surface area contributed by atoms with Crippen molar-refractivity contribution in [3.8, 4) is 5.75 Å². The Hall–Kier alpha value is -3.56. The Morgan fingerprint density at radius 2 is 1.96 bits per heavy atom. The molecule has 10 heteroatoms. The topological polar surface area (TPSA) is 129 Å². The molecule has 0 fully saturated rings. The van der Waals surface area contributed by atoms with E-state index in [1.54, 1.807) is 6.92 Å². The number of amides is 1. The SMILES string of the molecule is COc1cc(CNC(=O)c2cc(/C(N)=N/OC(C)=O)nc(C)n2)ccc1F. The molecule has 0 saturated heterocycles. The van der Waals surface area contributed by atoms with Crippen LogP contribution < -0.4 is 15.8 Å². The van der Waals surface area contributed by atoms with E-state index in [0.717, 1.165) is 0 Å². The van der Waals surface area contributed by atoms with Gasteiger partial charge in [0.25, 0.3) is 5.91 Å². The van der Waals surface area contributed by atoms with Gasteiger partial charge in [0.05, 0.1) is 7.11 Å². The number of oxime groups is 1. The Bertz CT molecular complexity index is 901. The number of carbonyl (C=O) groups excluding carboxylic acids is 2. The number of hydrogen-bond donors (Lipinski definition) is 2.